The van der Waals surface area contributed by atoms with Gasteiger partial charge in [-0.15, -0.1) is 0 Å². The van der Waals surface area contributed by atoms with Crippen molar-refractivity contribution in [1.29, 1.82) is 5.26 Å². The zero-order valence-corrected chi connectivity index (χ0v) is 19.9. The summed E-state index contributed by atoms with van der Waals surface area (Å²) in [7, 11) is 0. The number of nitrogens with one attached hydrogen (secondary N) is 3. The first-order chi connectivity index (χ1) is 17.3. The number of amides is 2. The molecule has 4 heterocycles. The first-order valence-electron chi connectivity index (χ1n) is 12.2. The highest BCUT2D eigenvalue weighted by molar-refractivity contribution is 5.80. The molecule has 36 heavy (non-hydrogen) atoms. The number of alkyl halides is 3. The monoisotopic (exact) mass is 508 g/mol. The lowest BCUT2D eigenvalue weighted by molar-refractivity contribution is -0.201. The van der Waals surface area contributed by atoms with Gasteiger partial charge in [-0.05, 0) is 31.5 Å². The Morgan fingerprint density at radius 3 is 2.67 bits per heavy atom. The molecule has 10 nitrogen and oxygen atoms in total. The molecule has 3 saturated heterocycles. The summed E-state index contributed by atoms with van der Waals surface area (Å²) in [6.07, 6.45) is -1.37. The van der Waals surface area contributed by atoms with Crippen molar-refractivity contribution >= 4 is 17.6 Å². The molecule has 0 aromatic carbocycles. The summed E-state index contributed by atoms with van der Waals surface area (Å²) in [5.74, 6) is -2.47. The maximum atomic E-state index is 13.6. The minimum absolute atomic E-state index is 0.00429. The van der Waals surface area contributed by atoms with Gasteiger partial charge in [0.05, 0.1) is 5.56 Å². The zero-order valence-electron chi connectivity index (χ0n) is 19.9. The van der Waals surface area contributed by atoms with Crippen molar-refractivity contribution in [3.63, 3.8) is 0 Å². The molecule has 0 saturated carbocycles. The van der Waals surface area contributed by atoms with Crippen LogP contribution in [0.4, 0.5) is 19.0 Å². The predicted molar refractivity (Wildman–Crippen MR) is 124 cm³/mol. The van der Waals surface area contributed by atoms with Crippen LogP contribution in [0, 0.1) is 17.2 Å². The standard InChI is InChI=1S/C23H31F3N8O2/c24-23(25,26)21-18(15-30-31-22(21)36)34-6-1-2-17(34)14-29-20(35)5-7-32-8-10-33(11-9-32)19-4-3-16(12-27)13-28-19/h3-4,13,17-18,21,30H,1-2,5-11,14-15H2,(H,29,35)(H,31,36)/t17-,18?,21?/m0/s1. The molecule has 4 rings (SSSR count). The summed E-state index contributed by atoms with van der Waals surface area (Å²) in [5, 5.41) is 11.8. The molecule has 1 aromatic heterocycles. The van der Waals surface area contributed by atoms with Crippen LogP contribution in [0.25, 0.3) is 0 Å². The number of hydrogen-bond donors (Lipinski definition) is 3. The van der Waals surface area contributed by atoms with Gasteiger partial charge in [0.25, 0.3) is 0 Å². The minimum atomic E-state index is -4.63. The van der Waals surface area contributed by atoms with Crippen LogP contribution in [-0.4, -0.2) is 97.2 Å². The van der Waals surface area contributed by atoms with E-state index in [-0.39, 0.29) is 25.0 Å². The van der Waals surface area contributed by atoms with Gasteiger partial charge in [-0.1, -0.05) is 0 Å². The number of nitriles is 1. The average molecular weight is 509 g/mol. The third kappa shape index (κ3) is 6.24. The molecule has 3 N–H and O–H groups in total. The molecule has 1 aromatic rings. The normalized spacial score (nSPS) is 25.9. The fraction of sp³-hybridized carbons (Fsp3) is 0.652. The summed E-state index contributed by atoms with van der Waals surface area (Å²) in [6, 6.07) is 4.40. The number of hydrogen-bond acceptors (Lipinski definition) is 8. The molecule has 3 aliphatic rings. The van der Waals surface area contributed by atoms with Crippen molar-refractivity contribution in [1.82, 2.24) is 31.0 Å². The average Bonchev–Trinajstić information content (AvgIpc) is 3.34. The number of anilines is 1. The molecule has 196 valence electrons. The molecule has 0 bridgehead atoms. The number of piperazine rings is 1. The molecule has 13 heteroatoms. The fourth-order valence-corrected chi connectivity index (χ4v) is 5.22. The van der Waals surface area contributed by atoms with Gasteiger partial charge in [0.2, 0.25) is 11.8 Å². The van der Waals surface area contributed by atoms with E-state index in [4.69, 9.17) is 5.26 Å². The Labute approximate surface area is 207 Å². The van der Waals surface area contributed by atoms with Gasteiger partial charge in [-0.2, -0.15) is 18.4 Å². The zero-order chi connectivity index (χ0) is 25.7. The van der Waals surface area contributed by atoms with Crippen LogP contribution in [0.1, 0.15) is 24.8 Å². The van der Waals surface area contributed by atoms with Gasteiger partial charge in [0.1, 0.15) is 11.9 Å². The van der Waals surface area contributed by atoms with E-state index in [0.717, 1.165) is 38.4 Å². The van der Waals surface area contributed by atoms with E-state index >= 15 is 0 Å². The molecule has 3 aliphatic heterocycles. The van der Waals surface area contributed by atoms with Crippen LogP contribution in [-0.2, 0) is 9.59 Å². The Morgan fingerprint density at radius 1 is 1.22 bits per heavy atom. The van der Waals surface area contributed by atoms with E-state index < -0.39 is 24.0 Å². The van der Waals surface area contributed by atoms with Crippen LogP contribution in [0.15, 0.2) is 18.3 Å². The number of rotatable bonds is 7. The van der Waals surface area contributed by atoms with Crippen LogP contribution in [0.5, 0.6) is 0 Å². The summed E-state index contributed by atoms with van der Waals surface area (Å²) in [4.78, 5) is 34.8. The third-order valence-electron chi connectivity index (χ3n) is 7.15. The van der Waals surface area contributed by atoms with Crippen molar-refractivity contribution in [3.05, 3.63) is 23.9 Å². The molecule has 0 spiro atoms. The first kappa shape index (κ1) is 26.1. The second kappa shape index (κ2) is 11.4. The maximum Gasteiger partial charge on any atom is 0.402 e. The quantitative estimate of drug-likeness (QED) is 0.479. The van der Waals surface area contributed by atoms with Gasteiger partial charge in [-0.25, -0.2) is 10.4 Å². The highest BCUT2D eigenvalue weighted by Gasteiger charge is 2.54. The van der Waals surface area contributed by atoms with Crippen LogP contribution in [0.2, 0.25) is 0 Å². The van der Waals surface area contributed by atoms with Gasteiger partial charge in [0, 0.05) is 70.5 Å². The molecule has 2 amide bonds. The molecule has 0 radical (unpaired) electrons. The van der Waals surface area contributed by atoms with Gasteiger partial charge < -0.3 is 10.2 Å². The summed E-state index contributed by atoms with van der Waals surface area (Å²) >= 11 is 0. The third-order valence-corrected chi connectivity index (χ3v) is 7.15. The number of nitrogens with zero attached hydrogens (tertiary/aromatic N) is 5. The lowest BCUT2D eigenvalue weighted by Gasteiger charge is -2.41. The van der Waals surface area contributed by atoms with Crippen LogP contribution in [0.3, 0.4) is 0 Å². The van der Waals surface area contributed by atoms with Crippen molar-refractivity contribution in [3.8, 4) is 6.07 Å². The number of aromatic nitrogens is 1. The van der Waals surface area contributed by atoms with Gasteiger partial charge in [-0.3, -0.25) is 24.8 Å². The van der Waals surface area contributed by atoms with E-state index in [2.05, 4.69) is 37.0 Å². The second-order valence-corrected chi connectivity index (χ2v) is 9.39. The number of hydrazine groups is 1. The van der Waals surface area contributed by atoms with E-state index in [9.17, 15) is 22.8 Å². The fourth-order valence-electron chi connectivity index (χ4n) is 5.22. The Bertz CT molecular complexity index is 960. The van der Waals surface area contributed by atoms with Crippen LogP contribution < -0.4 is 21.1 Å². The topological polar surface area (TPSA) is 117 Å². The molecule has 3 fully saturated rings. The Morgan fingerprint density at radius 2 is 2.00 bits per heavy atom. The molecule has 0 aliphatic carbocycles. The van der Waals surface area contributed by atoms with Gasteiger partial charge >= 0.3 is 6.18 Å². The Kier molecular flexibility index (Phi) is 8.28. The maximum absolute atomic E-state index is 13.6. The molecular formula is C23H31F3N8O2. The smallest absolute Gasteiger partial charge is 0.354 e. The minimum Gasteiger partial charge on any atom is -0.354 e. The van der Waals surface area contributed by atoms with Crippen LogP contribution >= 0.6 is 0 Å². The number of carbonyl (C=O) groups is 2. The Balaban J connectivity index is 1.20. The number of carbonyl (C=O) groups excluding carboxylic acids is 2. The summed E-state index contributed by atoms with van der Waals surface area (Å²) in [5.41, 5.74) is 5.18. The molecule has 2 unspecified atom stereocenters. The van der Waals surface area contributed by atoms with E-state index in [1.807, 2.05) is 6.07 Å². The van der Waals surface area contributed by atoms with E-state index in [1.165, 1.54) is 0 Å². The van der Waals surface area contributed by atoms with E-state index in [1.54, 1.807) is 17.2 Å². The van der Waals surface area contributed by atoms with Gasteiger partial charge in [0.15, 0.2) is 5.92 Å². The summed E-state index contributed by atoms with van der Waals surface area (Å²) < 4.78 is 40.7. The predicted octanol–water partition coefficient (Wildman–Crippen LogP) is 0.227. The van der Waals surface area contributed by atoms with Crippen molar-refractivity contribution in [2.75, 3.05) is 57.3 Å². The largest absolute Gasteiger partial charge is 0.402 e. The number of halogens is 3. The van der Waals surface area contributed by atoms with Crippen molar-refractivity contribution in [2.24, 2.45) is 5.92 Å². The lowest BCUT2D eigenvalue weighted by Crippen LogP contribution is -2.65. The Hall–Kier alpha value is -2.95. The SMILES string of the molecule is N#Cc1ccc(N2CCN(CCC(=O)NC[C@@H]3CCCN3C3CNNC(=O)C3C(F)(F)F)CC2)nc1. The van der Waals surface area contributed by atoms with E-state index in [0.29, 0.717) is 31.5 Å². The molecular weight excluding hydrogens is 477 g/mol. The van der Waals surface area contributed by atoms with Crippen molar-refractivity contribution < 1.29 is 22.8 Å². The van der Waals surface area contributed by atoms with Crippen molar-refractivity contribution in [2.45, 2.75) is 37.5 Å². The second-order valence-electron chi connectivity index (χ2n) is 9.39. The number of pyridine rings is 1. The lowest BCUT2D eigenvalue weighted by atomic mass is 9.94. The highest BCUT2D eigenvalue weighted by Crippen LogP contribution is 2.35. The first-order valence-corrected chi connectivity index (χ1v) is 12.2. The molecule has 3 atom stereocenters. The highest BCUT2D eigenvalue weighted by atomic mass is 19.4. The summed E-state index contributed by atoms with van der Waals surface area (Å²) in [6.45, 7) is 4.41. The number of likely N-dealkylation sites (tertiary alicyclic amines) is 1.